The first-order chi connectivity index (χ1) is 12.8. The molecule has 0 aliphatic carbocycles. The molecule has 0 spiro atoms. The van der Waals surface area contributed by atoms with Crippen molar-refractivity contribution < 1.29 is 0 Å². The Hall–Kier alpha value is -2.14. The van der Waals surface area contributed by atoms with Gasteiger partial charge in [-0.1, -0.05) is 70.4 Å². The molecule has 138 valence electrons. The van der Waals surface area contributed by atoms with Crippen molar-refractivity contribution in [3.8, 4) is 11.8 Å². The third-order valence-corrected chi connectivity index (χ3v) is 4.62. The predicted octanol–water partition coefficient (Wildman–Crippen LogP) is 6.12. The monoisotopic (exact) mass is 348 g/mol. The van der Waals surface area contributed by atoms with Crippen LogP contribution in [-0.4, -0.2) is 9.97 Å². The second-order valence-electron chi connectivity index (χ2n) is 6.98. The zero-order valence-electron chi connectivity index (χ0n) is 16.4. The van der Waals surface area contributed by atoms with Gasteiger partial charge in [0.25, 0.3) is 0 Å². The molecular formula is C24H32N2. The van der Waals surface area contributed by atoms with Crippen molar-refractivity contribution in [2.24, 2.45) is 0 Å². The lowest BCUT2D eigenvalue weighted by Crippen LogP contribution is -1.93. The summed E-state index contributed by atoms with van der Waals surface area (Å²) in [6.07, 6.45) is 16.4. The summed E-state index contributed by atoms with van der Waals surface area (Å²) in [6.45, 7) is 4.48. The largest absolute Gasteiger partial charge is 0.229 e. The summed E-state index contributed by atoms with van der Waals surface area (Å²) in [5, 5.41) is 0. The zero-order chi connectivity index (χ0) is 18.5. The predicted molar refractivity (Wildman–Crippen MR) is 110 cm³/mol. The van der Waals surface area contributed by atoms with Gasteiger partial charge in [0.2, 0.25) is 5.82 Å². The van der Waals surface area contributed by atoms with E-state index in [4.69, 9.17) is 0 Å². The van der Waals surface area contributed by atoms with Gasteiger partial charge in [-0.05, 0) is 54.9 Å². The molecule has 1 aromatic carbocycles. The molecule has 0 bridgehead atoms. The van der Waals surface area contributed by atoms with Gasteiger partial charge in [-0.2, -0.15) is 0 Å². The normalized spacial score (nSPS) is 10.4. The van der Waals surface area contributed by atoms with E-state index in [0.29, 0.717) is 5.82 Å². The molecule has 2 heteroatoms. The van der Waals surface area contributed by atoms with Crippen LogP contribution in [0.4, 0.5) is 0 Å². The van der Waals surface area contributed by atoms with E-state index < -0.39 is 0 Å². The summed E-state index contributed by atoms with van der Waals surface area (Å²) in [5.41, 5.74) is 3.62. The van der Waals surface area contributed by atoms with Gasteiger partial charge in [-0.3, -0.25) is 0 Å². The maximum Gasteiger partial charge on any atom is 0.205 e. The van der Waals surface area contributed by atoms with Crippen LogP contribution in [0.25, 0.3) is 0 Å². The summed E-state index contributed by atoms with van der Waals surface area (Å²) < 4.78 is 0. The van der Waals surface area contributed by atoms with Crippen LogP contribution in [-0.2, 0) is 12.8 Å². The van der Waals surface area contributed by atoms with Crippen LogP contribution in [0.15, 0.2) is 36.7 Å². The highest BCUT2D eigenvalue weighted by molar-refractivity contribution is 5.39. The van der Waals surface area contributed by atoms with E-state index in [9.17, 15) is 0 Å². The Morgan fingerprint density at radius 3 is 1.92 bits per heavy atom. The van der Waals surface area contributed by atoms with Gasteiger partial charge in [0.1, 0.15) is 0 Å². The van der Waals surface area contributed by atoms with Crippen molar-refractivity contribution in [1.29, 1.82) is 0 Å². The van der Waals surface area contributed by atoms with E-state index in [0.717, 1.165) is 18.4 Å². The fraction of sp³-hybridized carbons (Fsp3) is 0.500. The van der Waals surface area contributed by atoms with Crippen LogP contribution in [0.2, 0.25) is 0 Å². The lowest BCUT2D eigenvalue weighted by molar-refractivity contribution is 0.631. The Morgan fingerprint density at radius 1 is 0.654 bits per heavy atom. The Bertz CT molecular complexity index is 675. The molecule has 0 radical (unpaired) electrons. The maximum atomic E-state index is 4.39. The third-order valence-electron chi connectivity index (χ3n) is 4.62. The van der Waals surface area contributed by atoms with Gasteiger partial charge < -0.3 is 0 Å². The molecule has 0 saturated carbocycles. The Balaban J connectivity index is 1.81. The molecule has 1 heterocycles. The Morgan fingerprint density at radius 2 is 1.23 bits per heavy atom. The van der Waals surface area contributed by atoms with Crippen LogP contribution in [0.3, 0.4) is 0 Å². The van der Waals surface area contributed by atoms with E-state index in [1.165, 1.54) is 62.5 Å². The molecule has 0 atom stereocenters. The fourth-order valence-corrected chi connectivity index (χ4v) is 2.94. The number of rotatable bonds is 10. The lowest BCUT2D eigenvalue weighted by Gasteiger charge is -2.01. The number of benzene rings is 1. The topological polar surface area (TPSA) is 25.8 Å². The van der Waals surface area contributed by atoms with Gasteiger partial charge >= 0.3 is 0 Å². The van der Waals surface area contributed by atoms with Crippen molar-refractivity contribution in [3.63, 3.8) is 0 Å². The highest BCUT2D eigenvalue weighted by Crippen LogP contribution is 2.09. The molecule has 0 saturated heterocycles. The van der Waals surface area contributed by atoms with Crippen molar-refractivity contribution in [1.82, 2.24) is 9.97 Å². The molecule has 0 aliphatic rings. The van der Waals surface area contributed by atoms with Crippen LogP contribution >= 0.6 is 0 Å². The maximum absolute atomic E-state index is 4.39. The summed E-state index contributed by atoms with van der Waals surface area (Å²) in [4.78, 5) is 8.78. The fourth-order valence-electron chi connectivity index (χ4n) is 2.94. The minimum absolute atomic E-state index is 0.603. The first-order valence-electron chi connectivity index (χ1n) is 10.2. The average Bonchev–Trinajstić information content (AvgIpc) is 2.68. The first-order valence-corrected chi connectivity index (χ1v) is 10.2. The molecule has 0 fully saturated rings. The summed E-state index contributed by atoms with van der Waals surface area (Å²) >= 11 is 0. The average molecular weight is 349 g/mol. The Kier molecular flexibility index (Phi) is 9.51. The molecule has 0 N–H and O–H groups in total. The first kappa shape index (κ1) is 20.2. The number of hydrogen-bond acceptors (Lipinski definition) is 2. The van der Waals surface area contributed by atoms with Crippen LogP contribution in [0, 0.1) is 11.8 Å². The van der Waals surface area contributed by atoms with Gasteiger partial charge in [-0.15, -0.1) is 0 Å². The van der Waals surface area contributed by atoms with Crippen LogP contribution < -0.4 is 0 Å². The molecule has 26 heavy (non-hydrogen) atoms. The minimum Gasteiger partial charge on any atom is -0.229 e. The van der Waals surface area contributed by atoms with E-state index >= 15 is 0 Å². The molecule has 1 aromatic heterocycles. The molecule has 0 aliphatic heterocycles. The quantitative estimate of drug-likeness (QED) is 0.382. The second-order valence-corrected chi connectivity index (χ2v) is 6.98. The van der Waals surface area contributed by atoms with Gasteiger partial charge in [0, 0.05) is 18.0 Å². The minimum atomic E-state index is 0.603. The lowest BCUT2D eigenvalue weighted by atomic mass is 10.1. The Labute approximate surface area is 159 Å². The van der Waals surface area contributed by atoms with E-state index in [-0.39, 0.29) is 0 Å². The van der Waals surface area contributed by atoms with Gasteiger partial charge in [-0.25, -0.2) is 9.97 Å². The number of nitrogens with zero attached hydrogens (tertiary/aromatic N) is 2. The van der Waals surface area contributed by atoms with Crippen LogP contribution in [0.5, 0.6) is 0 Å². The molecule has 2 rings (SSSR count). The smallest absolute Gasteiger partial charge is 0.205 e. The zero-order valence-corrected chi connectivity index (χ0v) is 16.4. The number of hydrogen-bond donors (Lipinski definition) is 0. The van der Waals surface area contributed by atoms with Crippen LogP contribution in [0.1, 0.15) is 87.7 Å². The third kappa shape index (κ3) is 7.83. The van der Waals surface area contributed by atoms with E-state index in [2.05, 4.69) is 59.9 Å². The molecular weight excluding hydrogens is 316 g/mol. The SMILES string of the molecule is CCCCCCCc1cnc(C#Cc2ccc(CCCCC)cc2)nc1. The van der Waals surface area contributed by atoms with E-state index in [1.807, 2.05) is 12.4 Å². The van der Waals surface area contributed by atoms with Gasteiger partial charge in [0.05, 0.1) is 0 Å². The number of aryl methyl sites for hydroxylation is 2. The molecule has 0 amide bonds. The highest BCUT2D eigenvalue weighted by atomic mass is 14.8. The number of aromatic nitrogens is 2. The highest BCUT2D eigenvalue weighted by Gasteiger charge is 1.97. The molecule has 2 aromatic rings. The second kappa shape index (κ2) is 12.3. The van der Waals surface area contributed by atoms with Crippen molar-refractivity contribution in [2.45, 2.75) is 78.1 Å². The summed E-state index contributed by atoms with van der Waals surface area (Å²) in [5.74, 6) is 6.84. The molecule has 0 unspecified atom stereocenters. The van der Waals surface area contributed by atoms with Crippen molar-refractivity contribution in [3.05, 3.63) is 59.2 Å². The number of unbranched alkanes of at least 4 members (excludes halogenated alkanes) is 6. The van der Waals surface area contributed by atoms with Crippen molar-refractivity contribution in [2.75, 3.05) is 0 Å². The summed E-state index contributed by atoms with van der Waals surface area (Å²) in [7, 11) is 0. The van der Waals surface area contributed by atoms with Crippen molar-refractivity contribution >= 4 is 0 Å². The summed E-state index contributed by atoms with van der Waals surface area (Å²) in [6, 6.07) is 8.56. The van der Waals surface area contributed by atoms with Gasteiger partial charge in [0.15, 0.2) is 0 Å². The standard InChI is InChI=1S/C24H32N2/c1-3-5-7-8-10-12-23-19-25-24(26-20-23)18-17-22-15-13-21(14-16-22)11-9-6-4-2/h13-16,19-20H,3-12H2,1-2H3. The molecule has 2 nitrogen and oxygen atoms in total. The van der Waals surface area contributed by atoms with E-state index in [1.54, 1.807) is 0 Å².